The standard InChI is InChI=1S/C23H22F5N9O2S/c1-35-11-15(9-32-35)40(38,39)37-7-4-14(5-8-37)33-22-30-10-16(23(26,27)28)19(34-22)17-12-36(13-31-17)18-3-2-6-29-20(18)21(24)25/h2-3,6,9-14,21H,4-5,7-8H2,1H3,(H,30,33,34). The molecule has 0 spiro atoms. The van der Waals surface area contributed by atoms with Crippen LogP contribution in [-0.2, 0) is 23.2 Å². The van der Waals surface area contributed by atoms with E-state index in [1.54, 1.807) is 7.05 Å². The van der Waals surface area contributed by atoms with Crippen molar-refractivity contribution in [3.63, 3.8) is 0 Å². The molecule has 17 heteroatoms. The van der Waals surface area contributed by atoms with Crippen LogP contribution in [0.3, 0.4) is 0 Å². The van der Waals surface area contributed by atoms with E-state index in [4.69, 9.17) is 0 Å². The number of imidazole rings is 1. The zero-order valence-corrected chi connectivity index (χ0v) is 21.6. The highest BCUT2D eigenvalue weighted by Gasteiger charge is 2.37. The molecule has 4 aromatic rings. The Kier molecular flexibility index (Phi) is 7.26. The number of piperidine rings is 1. The van der Waals surface area contributed by atoms with E-state index in [1.165, 1.54) is 39.7 Å². The Morgan fingerprint density at radius 3 is 2.48 bits per heavy atom. The van der Waals surface area contributed by atoms with Crippen LogP contribution >= 0.6 is 0 Å². The number of rotatable bonds is 7. The Morgan fingerprint density at radius 2 is 1.82 bits per heavy atom. The zero-order valence-electron chi connectivity index (χ0n) is 20.8. The Morgan fingerprint density at radius 1 is 1.07 bits per heavy atom. The number of alkyl halides is 5. The van der Waals surface area contributed by atoms with Crippen molar-refractivity contribution in [2.45, 2.75) is 36.4 Å². The summed E-state index contributed by atoms with van der Waals surface area (Å²) in [4.78, 5) is 15.6. The van der Waals surface area contributed by atoms with E-state index >= 15 is 0 Å². The lowest BCUT2D eigenvalue weighted by atomic mass is 10.1. The van der Waals surface area contributed by atoms with Crippen molar-refractivity contribution in [1.29, 1.82) is 0 Å². The van der Waals surface area contributed by atoms with Gasteiger partial charge in [-0.2, -0.15) is 22.6 Å². The average molecular weight is 584 g/mol. The minimum Gasteiger partial charge on any atom is -0.351 e. The molecule has 0 amide bonds. The third-order valence-electron chi connectivity index (χ3n) is 6.33. The second kappa shape index (κ2) is 10.5. The Balaban J connectivity index is 1.37. The van der Waals surface area contributed by atoms with E-state index in [9.17, 15) is 30.4 Å². The number of nitrogens with one attached hydrogen (secondary N) is 1. The third-order valence-corrected chi connectivity index (χ3v) is 8.18. The molecule has 1 saturated heterocycles. The lowest BCUT2D eigenvalue weighted by Crippen LogP contribution is -2.42. The first-order valence-electron chi connectivity index (χ1n) is 11.9. The van der Waals surface area contributed by atoms with Gasteiger partial charge in [-0.05, 0) is 25.0 Å². The molecule has 40 heavy (non-hydrogen) atoms. The van der Waals surface area contributed by atoms with Crippen LogP contribution < -0.4 is 5.32 Å². The van der Waals surface area contributed by atoms with Crippen molar-refractivity contribution < 1.29 is 30.4 Å². The molecule has 0 radical (unpaired) electrons. The summed E-state index contributed by atoms with van der Waals surface area (Å²) in [6.45, 7) is 0.342. The van der Waals surface area contributed by atoms with Crippen molar-refractivity contribution in [2.75, 3.05) is 18.4 Å². The Bertz CT molecular complexity index is 1610. The topological polar surface area (TPSA) is 124 Å². The van der Waals surface area contributed by atoms with Crippen molar-refractivity contribution in [3.8, 4) is 17.1 Å². The molecule has 5 heterocycles. The molecule has 4 aromatic heterocycles. The smallest absolute Gasteiger partial charge is 0.351 e. The van der Waals surface area contributed by atoms with Crippen LogP contribution in [0.1, 0.15) is 30.5 Å². The van der Waals surface area contributed by atoms with Crippen molar-refractivity contribution in [1.82, 2.24) is 38.6 Å². The second-order valence-electron chi connectivity index (χ2n) is 9.00. The Labute approximate surface area is 224 Å². The van der Waals surface area contributed by atoms with E-state index in [1.807, 2.05) is 0 Å². The van der Waals surface area contributed by atoms with Crippen LogP contribution in [0.25, 0.3) is 17.1 Å². The number of nitrogens with zero attached hydrogens (tertiary/aromatic N) is 8. The Hall–Kier alpha value is -3.99. The summed E-state index contributed by atoms with van der Waals surface area (Å²) in [6.07, 6.45) is -0.275. The van der Waals surface area contributed by atoms with Crippen LogP contribution in [0.5, 0.6) is 0 Å². The maximum Gasteiger partial charge on any atom is 0.420 e. The first-order chi connectivity index (χ1) is 18.9. The number of sulfonamides is 1. The van der Waals surface area contributed by atoms with E-state index in [0.717, 1.165) is 17.1 Å². The van der Waals surface area contributed by atoms with Gasteiger partial charge in [0.25, 0.3) is 6.43 Å². The van der Waals surface area contributed by atoms with E-state index in [0.29, 0.717) is 19.0 Å². The lowest BCUT2D eigenvalue weighted by Gasteiger charge is -2.31. The van der Waals surface area contributed by atoms with Crippen molar-refractivity contribution >= 4 is 16.0 Å². The average Bonchev–Trinajstić information content (AvgIpc) is 3.58. The minimum atomic E-state index is -4.81. The van der Waals surface area contributed by atoms with Crippen LogP contribution in [0, 0.1) is 0 Å². The van der Waals surface area contributed by atoms with Crippen LogP contribution in [0.4, 0.5) is 27.9 Å². The summed E-state index contributed by atoms with van der Waals surface area (Å²) in [5.74, 6) is -0.110. The minimum absolute atomic E-state index is 0.0368. The van der Waals surface area contributed by atoms with Gasteiger partial charge >= 0.3 is 6.18 Å². The van der Waals surface area contributed by atoms with Gasteiger partial charge in [0.05, 0.1) is 11.9 Å². The van der Waals surface area contributed by atoms with Crippen molar-refractivity contribution in [2.24, 2.45) is 7.05 Å². The van der Waals surface area contributed by atoms with Crippen LogP contribution in [-0.4, -0.2) is 66.1 Å². The first kappa shape index (κ1) is 27.6. The summed E-state index contributed by atoms with van der Waals surface area (Å²) < 4.78 is 97.7. The summed E-state index contributed by atoms with van der Waals surface area (Å²) in [5, 5.41) is 6.87. The molecule has 1 fully saturated rings. The van der Waals surface area contributed by atoms with Gasteiger partial charge in [-0.1, -0.05) is 0 Å². The molecule has 212 valence electrons. The van der Waals surface area contributed by atoms with Gasteiger partial charge in [-0.25, -0.2) is 32.2 Å². The first-order valence-corrected chi connectivity index (χ1v) is 13.3. The van der Waals surface area contributed by atoms with Gasteiger partial charge in [-0.3, -0.25) is 9.67 Å². The maximum absolute atomic E-state index is 13.8. The molecule has 1 aliphatic rings. The molecule has 0 aromatic carbocycles. The normalized spacial score (nSPS) is 15.6. The van der Waals surface area contributed by atoms with Crippen LogP contribution in [0.15, 0.2) is 54.3 Å². The number of halogens is 5. The molecule has 0 bridgehead atoms. The molecule has 1 aliphatic heterocycles. The third kappa shape index (κ3) is 5.51. The van der Waals surface area contributed by atoms with Gasteiger partial charge in [0.1, 0.15) is 33.9 Å². The zero-order chi connectivity index (χ0) is 28.7. The highest BCUT2D eigenvalue weighted by Crippen LogP contribution is 2.36. The monoisotopic (exact) mass is 583 g/mol. The van der Waals surface area contributed by atoms with E-state index in [2.05, 4.69) is 30.4 Å². The fourth-order valence-corrected chi connectivity index (χ4v) is 5.79. The number of aromatic nitrogens is 7. The molecule has 0 saturated carbocycles. The number of anilines is 1. The molecule has 0 atom stereocenters. The largest absolute Gasteiger partial charge is 0.420 e. The maximum atomic E-state index is 13.8. The fourth-order valence-electron chi connectivity index (χ4n) is 4.33. The molecule has 11 nitrogen and oxygen atoms in total. The molecule has 0 aliphatic carbocycles. The molecular weight excluding hydrogens is 561 g/mol. The summed E-state index contributed by atoms with van der Waals surface area (Å²) in [7, 11) is -2.12. The predicted octanol–water partition coefficient (Wildman–Crippen LogP) is 3.68. The predicted molar refractivity (Wildman–Crippen MR) is 131 cm³/mol. The summed E-state index contributed by atoms with van der Waals surface area (Å²) in [5.41, 5.74) is -2.49. The van der Waals surface area contributed by atoms with E-state index < -0.39 is 39.6 Å². The quantitative estimate of drug-likeness (QED) is 0.327. The van der Waals surface area contributed by atoms with E-state index in [-0.39, 0.29) is 41.4 Å². The highest BCUT2D eigenvalue weighted by molar-refractivity contribution is 7.89. The van der Waals surface area contributed by atoms with Gasteiger partial charge < -0.3 is 9.88 Å². The fraction of sp³-hybridized carbons (Fsp3) is 0.348. The molecule has 0 unspecified atom stereocenters. The van der Waals surface area contributed by atoms with Gasteiger partial charge in [0.2, 0.25) is 16.0 Å². The second-order valence-corrected chi connectivity index (χ2v) is 10.9. The van der Waals surface area contributed by atoms with Crippen molar-refractivity contribution in [3.05, 3.63) is 60.7 Å². The number of pyridine rings is 1. The number of hydrogen-bond donors (Lipinski definition) is 1. The summed E-state index contributed by atoms with van der Waals surface area (Å²) >= 11 is 0. The summed E-state index contributed by atoms with van der Waals surface area (Å²) in [6, 6.07) is 2.45. The van der Waals surface area contributed by atoms with Gasteiger partial charge in [0, 0.05) is 51.0 Å². The lowest BCUT2D eigenvalue weighted by molar-refractivity contribution is -0.137. The number of hydrogen-bond acceptors (Lipinski definition) is 8. The van der Waals surface area contributed by atoms with Gasteiger partial charge in [-0.15, -0.1) is 0 Å². The van der Waals surface area contributed by atoms with Gasteiger partial charge in [0.15, 0.2) is 0 Å². The van der Waals surface area contributed by atoms with Crippen LogP contribution in [0.2, 0.25) is 0 Å². The SMILES string of the molecule is Cn1cc(S(=O)(=O)N2CCC(Nc3ncc(C(F)(F)F)c(-c4cn(-c5cccnc5C(F)F)cn4)n3)CC2)cn1. The highest BCUT2D eigenvalue weighted by atomic mass is 32.2. The number of aryl methyl sites for hydroxylation is 1. The molecule has 5 rings (SSSR count). The molecular formula is C23H22F5N9O2S. The molecule has 1 N–H and O–H groups in total.